The molecule has 3 rings (SSSR count). The van der Waals surface area contributed by atoms with E-state index in [-0.39, 0.29) is 0 Å². The summed E-state index contributed by atoms with van der Waals surface area (Å²) in [5.41, 5.74) is 3.91. The molecule has 0 bridgehead atoms. The summed E-state index contributed by atoms with van der Waals surface area (Å²) in [6, 6.07) is 12.1. The molecule has 0 unspecified atom stereocenters. The van der Waals surface area contributed by atoms with Crippen molar-refractivity contribution in [1.29, 1.82) is 0 Å². The topological polar surface area (TPSA) is 37.9 Å². The lowest BCUT2D eigenvalue weighted by Gasteiger charge is -2.05. The first-order valence-electron chi connectivity index (χ1n) is 6.92. The molecule has 0 aliphatic rings. The summed E-state index contributed by atoms with van der Waals surface area (Å²) >= 11 is 6.22. The summed E-state index contributed by atoms with van der Waals surface area (Å²) in [6.07, 6.45) is 0. The van der Waals surface area contributed by atoms with Crippen molar-refractivity contribution in [3.63, 3.8) is 0 Å². The number of H-pyrrole nitrogens is 1. The molecule has 1 aromatic heterocycles. The van der Waals surface area contributed by atoms with Gasteiger partial charge in [-0.25, -0.2) is 4.98 Å². The Balaban J connectivity index is 2.10. The number of rotatable bonds is 3. The Bertz CT molecular complexity index is 775. The van der Waals surface area contributed by atoms with Crippen molar-refractivity contribution in [2.24, 2.45) is 0 Å². The fourth-order valence-electron chi connectivity index (χ4n) is 2.37. The largest absolute Gasteiger partial charge is 0.494 e. The highest BCUT2D eigenvalue weighted by Crippen LogP contribution is 2.32. The molecule has 0 radical (unpaired) electrons. The maximum Gasteiger partial charge on any atom is 0.144 e. The molecule has 21 heavy (non-hydrogen) atoms. The molecule has 0 saturated heterocycles. The van der Waals surface area contributed by atoms with Crippen LogP contribution in [0.1, 0.15) is 25.3 Å². The fourth-order valence-corrected chi connectivity index (χ4v) is 2.57. The third kappa shape index (κ3) is 2.49. The molecular formula is C17H17ClN2O. The molecule has 0 spiro atoms. The van der Waals surface area contributed by atoms with Crippen molar-refractivity contribution < 1.29 is 4.74 Å². The number of hydrogen-bond acceptors (Lipinski definition) is 2. The van der Waals surface area contributed by atoms with Crippen LogP contribution in [0.3, 0.4) is 0 Å². The van der Waals surface area contributed by atoms with E-state index >= 15 is 0 Å². The molecule has 0 saturated carbocycles. The van der Waals surface area contributed by atoms with Crippen LogP contribution in [0.2, 0.25) is 5.02 Å². The average Bonchev–Trinajstić information content (AvgIpc) is 2.94. The lowest BCUT2D eigenvalue weighted by molar-refractivity contribution is 0.419. The number of aromatic nitrogens is 2. The number of halogens is 1. The quantitative estimate of drug-likeness (QED) is 0.738. The third-order valence-electron chi connectivity index (χ3n) is 3.63. The molecule has 0 amide bonds. The Hall–Kier alpha value is -2.00. The van der Waals surface area contributed by atoms with Gasteiger partial charge in [-0.05, 0) is 23.6 Å². The molecule has 0 fully saturated rings. The molecule has 1 heterocycles. The van der Waals surface area contributed by atoms with Crippen molar-refractivity contribution in [2.75, 3.05) is 7.11 Å². The molecule has 4 heteroatoms. The van der Waals surface area contributed by atoms with Crippen LogP contribution >= 0.6 is 11.6 Å². The number of hydrogen-bond donors (Lipinski definition) is 1. The van der Waals surface area contributed by atoms with Crippen molar-refractivity contribution in [3.05, 3.63) is 47.0 Å². The zero-order valence-electron chi connectivity index (χ0n) is 12.3. The average molecular weight is 301 g/mol. The van der Waals surface area contributed by atoms with Crippen LogP contribution in [-0.2, 0) is 0 Å². The molecular weight excluding hydrogens is 284 g/mol. The second kappa shape index (κ2) is 5.41. The zero-order valence-corrected chi connectivity index (χ0v) is 13.0. The number of imidazole rings is 1. The van der Waals surface area contributed by atoms with Crippen LogP contribution in [0, 0.1) is 0 Å². The van der Waals surface area contributed by atoms with Crippen LogP contribution in [0.4, 0.5) is 0 Å². The number of fused-ring (bicyclic) bond motifs is 1. The minimum atomic E-state index is 0.518. The van der Waals surface area contributed by atoms with E-state index in [0.717, 1.165) is 28.2 Å². The van der Waals surface area contributed by atoms with Gasteiger partial charge in [-0.15, -0.1) is 0 Å². The summed E-state index contributed by atoms with van der Waals surface area (Å²) in [7, 11) is 1.64. The fraction of sp³-hybridized carbons (Fsp3) is 0.235. The standard InChI is InChI=1S/C17H17ClN2O/c1-10(2)11-4-6-12(7-5-11)17-19-15-13(18)8-9-14(21-3)16(15)20-17/h4-10H,1-3H3,(H,19,20). The van der Waals surface area contributed by atoms with E-state index in [1.54, 1.807) is 13.2 Å². The van der Waals surface area contributed by atoms with Gasteiger partial charge in [0.15, 0.2) is 0 Å². The van der Waals surface area contributed by atoms with E-state index in [2.05, 4.69) is 48.1 Å². The first-order chi connectivity index (χ1) is 10.1. The third-order valence-corrected chi connectivity index (χ3v) is 3.93. The van der Waals surface area contributed by atoms with Gasteiger partial charge in [0, 0.05) is 5.56 Å². The molecule has 0 aliphatic heterocycles. The van der Waals surface area contributed by atoms with Crippen molar-refractivity contribution >= 4 is 22.6 Å². The Labute approximate surface area is 128 Å². The van der Waals surface area contributed by atoms with E-state index < -0.39 is 0 Å². The van der Waals surface area contributed by atoms with E-state index in [0.29, 0.717) is 10.9 Å². The molecule has 1 N–H and O–H groups in total. The lowest BCUT2D eigenvalue weighted by atomic mass is 10.0. The highest BCUT2D eigenvalue weighted by Gasteiger charge is 2.12. The first-order valence-corrected chi connectivity index (χ1v) is 7.30. The van der Waals surface area contributed by atoms with Gasteiger partial charge in [0.05, 0.1) is 12.1 Å². The predicted octanol–water partition coefficient (Wildman–Crippen LogP) is 5.02. The number of nitrogens with one attached hydrogen (secondary N) is 1. The smallest absolute Gasteiger partial charge is 0.144 e. The zero-order chi connectivity index (χ0) is 15.0. The van der Waals surface area contributed by atoms with Gasteiger partial charge >= 0.3 is 0 Å². The van der Waals surface area contributed by atoms with Crippen LogP contribution in [0.15, 0.2) is 36.4 Å². The van der Waals surface area contributed by atoms with E-state index in [1.807, 2.05) is 6.07 Å². The van der Waals surface area contributed by atoms with Crippen molar-refractivity contribution in [3.8, 4) is 17.1 Å². The highest BCUT2D eigenvalue weighted by atomic mass is 35.5. The molecule has 108 valence electrons. The Morgan fingerprint density at radius 2 is 1.81 bits per heavy atom. The summed E-state index contributed by atoms with van der Waals surface area (Å²) in [5.74, 6) is 2.06. The Morgan fingerprint density at radius 1 is 1.10 bits per heavy atom. The Kier molecular flexibility index (Phi) is 3.60. The van der Waals surface area contributed by atoms with Crippen LogP contribution in [0.5, 0.6) is 5.75 Å². The van der Waals surface area contributed by atoms with Gasteiger partial charge in [-0.3, -0.25) is 0 Å². The number of aromatic amines is 1. The van der Waals surface area contributed by atoms with Gasteiger partial charge in [-0.1, -0.05) is 49.7 Å². The normalized spacial score (nSPS) is 11.3. The maximum absolute atomic E-state index is 6.22. The van der Waals surface area contributed by atoms with Crippen molar-refractivity contribution in [1.82, 2.24) is 9.97 Å². The second-order valence-corrected chi connectivity index (χ2v) is 5.74. The Morgan fingerprint density at radius 3 is 2.43 bits per heavy atom. The summed E-state index contributed by atoms with van der Waals surface area (Å²) in [6.45, 7) is 4.36. The first kappa shape index (κ1) is 14.0. The van der Waals surface area contributed by atoms with Gasteiger partial charge in [0.1, 0.15) is 22.6 Å². The van der Waals surface area contributed by atoms with E-state index in [9.17, 15) is 0 Å². The van der Waals surface area contributed by atoms with Gasteiger partial charge in [0.25, 0.3) is 0 Å². The molecule has 3 aromatic rings. The minimum Gasteiger partial charge on any atom is -0.494 e. The van der Waals surface area contributed by atoms with Crippen LogP contribution in [-0.4, -0.2) is 17.1 Å². The van der Waals surface area contributed by atoms with Crippen molar-refractivity contribution in [2.45, 2.75) is 19.8 Å². The number of methoxy groups -OCH3 is 1. The molecule has 3 nitrogen and oxygen atoms in total. The molecule has 0 aliphatic carbocycles. The number of benzene rings is 2. The summed E-state index contributed by atoms with van der Waals surface area (Å²) in [4.78, 5) is 7.90. The highest BCUT2D eigenvalue weighted by molar-refractivity contribution is 6.35. The number of nitrogens with zero attached hydrogens (tertiary/aromatic N) is 1. The van der Waals surface area contributed by atoms with Gasteiger partial charge in [0.2, 0.25) is 0 Å². The van der Waals surface area contributed by atoms with Gasteiger partial charge < -0.3 is 9.72 Å². The lowest BCUT2D eigenvalue weighted by Crippen LogP contribution is -1.87. The molecule has 0 atom stereocenters. The van der Waals surface area contributed by atoms with E-state index in [4.69, 9.17) is 16.3 Å². The number of ether oxygens (including phenoxy) is 1. The SMILES string of the molecule is COc1ccc(Cl)c2nc(-c3ccc(C(C)C)cc3)[nH]c12. The summed E-state index contributed by atoms with van der Waals surface area (Å²) in [5, 5.41) is 0.618. The monoisotopic (exact) mass is 300 g/mol. The van der Waals surface area contributed by atoms with Gasteiger partial charge in [-0.2, -0.15) is 0 Å². The van der Waals surface area contributed by atoms with Crippen LogP contribution < -0.4 is 4.74 Å². The van der Waals surface area contributed by atoms with Crippen LogP contribution in [0.25, 0.3) is 22.4 Å². The second-order valence-electron chi connectivity index (χ2n) is 5.34. The minimum absolute atomic E-state index is 0.518. The van der Waals surface area contributed by atoms with E-state index in [1.165, 1.54) is 5.56 Å². The predicted molar refractivity (Wildman–Crippen MR) is 87.2 cm³/mol. The summed E-state index contributed by atoms with van der Waals surface area (Å²) < 4.78 is 5.35. The molecule has 2 aromatic carbocycles. The maximum atomic E-state index is 6.22.